The van der Waals surface area contributed by atoms with E-state index in [2.05, 4.69) is 25.8 Å². The molecular formula is C37H33F3N6O3. The van der Waals surface area contributed by atoms with Crippen LogP contribution < -0.4 is 20.1 Å². The number of aromatic nitrogens is 3. The third-order valence-electron chi connectivity index (χ3n) is 10.2. The van der Waals surface area contributed by atoms with Gasteiger partial charge in [-0.2, -0.15) is 0 Å². The van der Waals surface area contributed by atoms with Gasteiger partial charge in [0.15, 0.2) is 5.82 Å². The predicted octanol–water partition coefficient (Wildman–Crippen LogP) is 6.31. The van der Waals surface area contributed by atoms with E-state index in [-0.39, 0.29) is 64.5 Å². The number of phenols is 1. The van der Waals surface area contributed by atoms with Gasteiger partial charge < -0.3 is 25.2 Å². The van der Waals surface area contributed by atoms with Crippen molar-refractivity contribution < 1.29 is 27.8 Å². The van der Waals surface area contributed by atoms with Gasteiger partial charge >= 0.3 is 0 Å². The van der Waals surface area contributed by atoms with Crippen molar-refractivity contribution >= 4 is 33.2 Å². The molecule has 0 unspecified atom stereocenters. The maximum Gasteiger partial charge on any atom is 0.225 e. The van der Waals surface area contributed by atoms with Gasteiger partial charge in [-0.05, 0) is 56.0 Å². The van der Waals surface area contributed by atoms with Crippen molar-refractivity contribution in [3.05, 3.63) is 71.4 Å². The number of ether oxygens (including phenoxy) is 2. The summed E-state index contributed by atoms with van der Waals surface area (Å²) in [4.78, 5) is 17.7. The smallest absolute Gasteiger partial charge is 0.225 e. The largest absolute Gasteiger partial charge is 0.508 e. The number of rotatable bonds is 6. The molecule has 0 saturated carbocycles. The van der Waals surface area contributed by atoms with Crippen LogP contribution in [-0.4, -0.2) is 69.5 Å². The van der Waals surface area contributed by atoms with E-state index >= 15 is 4.39 Å². The molecule has 9 nitrogen and oxygen atoms in total. The third-order valence-corrected chi connectivity index (χ3v) is 10.2. The zero-order valence-corrected chi connectivity index (χ0v) is 26.7. The molecule has 0 amide bonds. The maximum absolute atomic E-state index is 17.1. The summed E-state index contributed by atoms with van der Waals surface area (Å²) in [5, 5.41) is 11.6. The van der Waals surface area contributed by atoms with Crippen LogP contribution in [-0.2, 0) is 0 Å². The Balaban J connectivity index is 1.34. The number of phenolic OH excluding ortho intramolecular Hbond substituents is 1. The van der Waals surface area contributed by atoms with Crippen LogP contribution in [0, 0.1) is 24.0 Å². The van der Waals surface area contributed by atoms with Crippen LogP contribution in [0.4, 0.5) is 24.7 Å². The SMILES string of the molecule is C#Cc1c(F)ccc2cc(O)cc(-c3nc4c5c(cc(OC[C@@]67CCCN6C[C@H](F)C7)nc5c3F)N([C@H](C)c3cccnc3N)CCO4)c12. The molecule has 2 fully saturated rings. The van der Waals surface area contributed by atoms with E-state index in [1.54, 1.807) is 18.3 Å². The average Bonchev–Trinajstić information content (AvgIpc) is 3.55. The monoisotopic (exact) mass is 666 g/mol. The number of pyridine rings is 3. The highest BCUT2D eigenvalue weighted by Crippen LogP contribution is 2.46. The molecule has 0 radical (unpaired) electrons. The highest BCUT2D eigenvalue weighted by molar-refractivity contribution is 6.04. The second kappa shape index (κ2) is 11.7. The van der Waals surface area contributed by atoms with E-state index in [1.807, 2.05) is 17.9 Å². The van der Waals surface area contributed by atoms with Crippen molar-refractivity contribution in [1.29, 1.82) is 0 Å². The van der Waals surface area contributed by atoms with Gasteiger partial charge in [0.1, 0.15) is 48.0 Å². The minimum Gasteiger partial charge on any atom is -0.508 e. The predicted molar refractivity (Wildman–Crippen MR) is 180 cm³/mol. The average molecular weight is 667 g/mol. The number of benzene rings is 2. The molecule has 6 heterocycles. The minimum atomic E-state index is -0.944. The number of anilines is 2. The molecular weight excluding hydrogens is 633 g/mol. The van der Waals surface area contributed by atoms with E-state index in [4.69, 9.17) is 21.6 Å². The summed E-state index contributed by atoms with van der Waals surface area (Å²) < 4.78 is 59.3. The molecule has 3 aliphatic heterocycles. The Morgan fingerprint density at radius 2 is 2.04 bits per heavy atom. The van der Waals surface area contributed by atoms with E-state index < -0.39 is 23.3 Å². The van der Waals surface area contributed by atoms with Crippen LogP contribution in [0.3, 0.4) is 0 Å². The molecule has 0 aliphatic carbocycles. The van der Waals surface area contributed by atoms with Crippen LogP contribution >= 0.6 is 0 Å². The van der Waals surface area contributed by atoms with Gasteiger partial charge in [0.25, 0.3) is 0 Å². The Bertz CT molecular complexity index is 2190. The summed E-state index contributed by atoms with van der Waals surface area (Å²) in [7, 11) is 0. The first-order valence-corrected chi connectivity index (χ1v) is 16.3. The van der Waals surface area contributed by atoms with Crippen LogP contribution in [0.1, 0.15) is 43.4 Å². The number of halogens is 3. The normalized spacial score (nSPS) is 21.0. The molecule has 3 aliphatic rings. The van der Waals surface area contributed by atoms with Gasteiger partial charge in [0, 0.05) is 41.7 Å². The molecule has 250 valence electrons. The Hall–Kier alpha value is -5.28. The zero-order chi connectivity index (χ0) is 34.0. The Kier molecular flexibility index (Phi) is 7.41. The molecule has 0 bridgehead atoms. The van der Waals surface area contributed by atoms with Crippen molar-refractivity contribution in [2.45, 2.75) is 43.9 Å². The lowest BCUT2D eigenvalue weighted by Gasteiger charge is -2.32. The summed E-state index contributed by atoms with van der Waals surface area (Å²) in [6.07, 6.45) is 8.47. The Morgan fingerprint density at radius 1 is 1.18 bits per heavy atom. The van der Waals surface area contributed by atoms with Gasteiger partial charge in [-0.15, -0.1) is 6.42 Å². The first kappa shape index (κ1) is 31.0. The highest BCUT2D eigenvalue weighted by Gasteiger charge is 2.49. The van der Waals surface area contributed by atoms with Crippen molar-refractivity contribution in [3.8, 4) is 41.1 Å². The van der Waals surface area contributed by atoms with Crippen LogP contribution in [0.2, 0.25) is 0 Å². The number of hydrogen-bond donors (Lipinski definition) is 2. The lowest BCUT2D eigenvalue weighted by atomic mass is 9.95. The number of alkyl halides is 1. The third kappa shape index (κ3) is 5.03. The second-order valence-electron chi connectivity index (χ2n) is 13.0. The number of nitrogens with zero attached hydrogens (tertiary/aromatic N) is 5. The lowest BCUT2D eigenvalue weighted by Crippen LogP contribution is -2.43. The van der Waals surface area contributed by atoms with Gasteiger partial charge in [-0.3, -0.25) is 4.90 Å². The highest BCUT2D eigenvalue weighted by atomic mass is 19.1. The van der Waals surface area contributed by atoms with Gasteiger partial charge in [0.2, 0.25) is 11.8 Å². The van der Waals surface area contributed by atoms with Crippen molar-refractivity contribution in [2.24, 2.45) is 0 Å². The van der Waals surface area contributed by atoms with Crippen molar-refractivity contribution in [3.63, 3.8) is 0 Å². The molecule has 49 heavy (non-hydrogen) atoms. The lowest BCUT2D eigenvalue weighted by molar-refractivity contribution is 0.111. The standard InChI is InChI=1S/C37H33F3N6O3/c1-3-24-27(39)8-7-21-14-23(47)15-26(30(21)24)33-32(40)34-31-28(16-29(43-34)49-19-37-9-5-11-45(37)18-22(38)17-37)46(12-13-48-36(31)44-33)20(2)25-6-4-10-42-35(25)41/h1,4,6-8,10,14-16,20,22,47H,5,9,11-13,17-19H2,2H3,(H2,41,42)/t20-,22-,37+/m1/s1. The van der Waals surface area contributed by atoms with Crippen LogP contribution in [0.5, 0.6) is 17.5 Å². The molecule has 2 saturated heterocycles. The van der Waals surface area contributed by atoms with Gasteiger partial charge in [0.05, 0.1) is 34.8 Å². The van der Waals surface area contributed by atoms with Crippen LogP contribution in [0.25, 0.3) is 32.9 Å². The zero-order valence-electron chi connectivity index (χ0n) is 26.7. The van der Waals surface area contributed by atoms with Gasteiger partial charge in [-0.1, -0.05) is 18.1 Å². The number of terminal acetylenes is 1. The van der Waals surface area contributed by atoms with Crippen LogP contribution in [0.15, 0.2) is 48.7 Å². The second-order valence-corrected chi connectivity index (χ2v) is 13.0. The number of nitrogen functional groups attached to an aromatic ring is 1. The summed E-state index contributed by atoms with van der Waals surface area (Å²) >= 11 is 0. The van der Waals surface area contributed by atoms with E-state index in [1.165, 1.54) is 24.3 Å². The fourth-order valence-electron chi connectivity index (χ4n) is 7.90. The fourth-order valence-corrected chi connectivity index (χ4v) is 7.90. The molecule has 3 N–H and O–H groups in total. The van der Waals surface area contributed by atoms with E-state index in [0.717, 1.165) is 24.9 Å². The summed E-state index contributed by atoms with van der Waals surface area (Å²) in [6, 6.07) is 10.5. The number of fused-ring (bicyclic) bond motifs is 2. The summed E-state index contributed by atoms with van der Waals surface area (Å²) in [5.74, 6) is 1.27. The Labute approximate surface area is 280 Å². The maximum atomic E-state index is 17.1. The number of nitrogens with two attached hydrogens (primary N) is 1. The molecule has 5 aromatic rings. The van der Waals surface area contributed by atoms with Gasteiger partial charge in [-0.25, -0.2) is 28.1 Å². The van der Waals surface area contributed by atoms with Crippen molar-refractivity contribution in [2.75, 3.05) is 43.5 Å². The molecule has 12 heteroatoms. The van der Waals surface area contributed by atoms with Crippen molar-refractivity contribution in [1.82, 2.24) is 19.9 Å². The summed E-state index contributed by atoms with van der Waals surface area (Å²) in [5.41, 5.74) is 6.80. The topological polar surface area (TPSA) is 110 Å². The molecule has 3 atom stereocenters. The molecule has 3 aromatic heterocycles. The molecule has 0 spiro atoms. The first-order valence-electron chi connectivity index (χ1n) is 16.3. The Morgan fingerprint density at radius 3 is 2.86 bits per heavy atom. The fraction of sp³-hybridized carbons (Fsp3) is 0.324. The minimum absolute atomic E-state index is 0.0782. The molecule has 2 aromatic carbocycles. The van der Waals surface area contributed by atoms with E-state index in [9.17, 15) is 13.9 Å². The first-order chi connectivity index (χ1) is 23.7. The van der Waals surface area contributed by atoms with E-state index in [0.29, 0.717) is 41.8 Å². The quantitative estimate of drug-likeness (QED) is 0.202. The number of aromatic hydroxyl groups is 1. The number of hydrogen-bond acceptors (Lipinski definition) is 9. The summed E-state index contributed by atoms with van der Waals surface area (Å²) in [6.45, 7) is 3.84. The molecule has 8 rings (SSSR count).